The van der Waals surface area contributed by atoms with Crippen molar-refractivity contribution in [1.29, 1.82) is 0 Å². The van der Waals surface area contributed by atoms with Crippen molar-refractivity contribution in [1.82, 2.24) is 0 Å². The fourth-order valence-electron chi connectivity index (χ4n) is 0.887. The van der Waals surface area contributed by atoms with Gasteiger partial charge in [0.05, 0.1) is 5.69 Å². The van der Waals surface area contributed by atoms with Crippen LogP contribution < -0.4 is 5.73 Å². The van der Waals surface area contributed by atoms with Crippen LogP contribution in [0.1, 0.15) is 5.56 Å². The van der Waals surface area contributed by atoms with Crippen LogP contribution in [-0.4, -0.2) is 16.2 Å². The quantitative estimate of drug-likeness (QED) is 0.467. The molecule has 6 heteroatoms. The van der Waals surface area contributed by atoms with E-state index in [0.717, 1.165) is 0 Å². The number of phenolic OH excluding ortho intramolecular Hbond substituents is 2. The molecule has 1 aromatic carbocycles. The molecule has 0 heterocycles. The molecule has 0 saturated carbocycles. The number of urea groups is 1. The lowest BCUT2D eigenvalue weighted by Crippen LogP contribution is -2.01. The number of hydrogen-bond acceptors (Lipinski definition) is 4. The van der Waals surface area contributed by atoms with Crippen LogP contribution in [0.4, 0.5) is 10.5 Å². The van der Waals surface area contributed by atoms with Crippen molar-refractivity contribution in [3.05, 3.63) is 17.7 Å². The van der Waals surface area contributed by atoms with Gasteiger partial charge in [0.2, 0.25) is 0 Å². The van der Waals surface area contributed by atoms with Crippen molar-refractivity contribution in [2.24, 2.45) is 16.0 Å². The molecule has 2 amide bonds. The molecule has 0 fully saturated rings. The van der Waals surface area contributed by atoms with Gasteiger partial charge in [0.25, 0.3) is 0 Å². The molecule has 0 saturated heterocycles. The van der Waals surface area contributed by atoms with E-state index < -0.39 is 6.03 Å². The van der Waals surface area contributed by atoms with Gasteiger partial charge in [-0.05, 0) is 19.1 Å². The fraction of sp³-hybridized carbons (Fsp3) is 0.125. The highest BCUT2D eigenvalue weighted by molar-refractivity contribution is 5.72. The first-order valence-corrected chi connectivity index (χ1v) is 3.75. The summed E-state index contributed by atoms with van der Waals surface area (Å²) in [6.45, 7) is 1.53. The summed E-state index contributed by atoms with van der Waals surface area (Å²) >= 11 is 0. The van der Waals surface area contributed by atoms with Crippen molar-refractivity contribution < 1.29 is 15.0 Å². The second-order valence-corrected chi connectivity index (χ2v) is 2.62. The van der Waals surface area contributed by atoms with Crippen LogP contribution in [0.25, 0.3) is 0 Å². The average Bonchev–Trinajstić information content (AvgIpc) is 2.13. The molecule has 14 heavy (non-hydrogen) atoms. The molecule has 0 aliphatic rings. The van der Waals surface area contributed by atoms with Gasteiger partial charge in [0.1, 0.15) is 0 Å². The van der Waals surface area contributed by atoms with Crippen molar-refractivity contribution in [3.63, 3.8) is 0 Å². The Morgan fingerprint density at radius 3 is 2.64 bits per heavy atom. The highest BCUT2D eigenvalue weighted by Crippen LogP contribution is 2.34. The number of azo groups is 1. The Balaban J connectivity index is 3.12. The summed E-state index contributed by atoms with van der Waals surface area (Å²) in [5, 5.41) is 25.0. The largest absolute Gasteiger partial charge is 0.504 e. The first-order chi connectivity index (χ1) is 6.52. The molecule has 0 aliphatic carbocycles. The molecular formula is C8H9N3O3. The van der Waals surface area contributed by atoms with E-state index in [2.05, 4.69) is 10.2 Å². The second-order valence-electron chi connectivity index (χ2n) is 2.62. The molecule has 0 aromatic heterocycles. The van der Waals surface area contributed by atoms with Gasteiger partial charge < -0.3 is 15.9 Å². The zero-order chi connectivity index (χ0) is 10.7. The van der Waals surface area contributed by atoms with E-state index in [1.54, 1.807) is 0 Å². The Kier molecular flexibility index (Phi) is 2.66. The van der Waals surface area contributed by atoms with E-state index >= 15 is 0 Å². The van der Waals surface area contributed by atoms with Gasteiger partial charge in [0.15, 0.2) is 11.5 Å². The van der Waals surface area contributed by atoms with Crippen LogP contribution in [0.15, 0.2) is 22.4 Å². The number of nitrogens with two attached hydrogens (primary N) is 1. The van der Waals surface area contributed by atoms with Crippen LogP contribution >= 0.6 is 0 Å². The van der Waals surface area contributed by atoms with E-state index in [1.807, 2.05) is 0 Å². The molecule has 1 aromatic rings. The third-order valence-electron chi connectivity index (χ3n) is 1.64. The third-order valence-corrected chi connectivity index (χ3v) is 1.64. The molecule has 6 nitrogen and oxygen atoms in total. The zero-order valence-corrected chi connectivity index (χ0v) is 7.43. The van der Waals surface area contributed by atoms with Crippen molar-refractivity contribution in [3.8, 4) is 11.5 Å². The van der Waals surface area contributed by atoms with Gasteiger partial charge in [-0.25, -0.2) is 4.79 Å². The van der Waals surface area contributed by atoms with Crippen molar-refractivity contribution in [2.75, 3.05) is 0 Å². The number of carbonyl (C=O) groups excluding carboxylic acids is 1. The Morgan fingerprint density at radius 1 is 1.43 bits per heavy atom. The molecule has 4 N–H and O–H groups in total. The van der Waals surface area contributed by atoms with Crippen LogP contribution in [0.5, 0.6) is 11.5 Å². The average molecular weight is 195 g/mol. The molecule has 0 radical (unpaired) electrons. The lowest BCUT2D eigenvalue weighted by Gasteiger charge is -2.02. The van der Waals surface area contributed by atoms with Crippen LogP contribution in [0, 0.1) is 6.92 Å². The minimum Gasteiger partial charge on any atom is -0.504 e. The maximum absolute atomic E-state index is 10.3. The summed E-state index contributed by atoms with van der Waals surface area (Å²) in [6, 6.07) is 1.74. The van der Waals surface area contributed by atoms with E-state index in [0.29, 0.717) is 5.56 Å². The number of primary amides is 1. The number of rotatable bonds is 1. The number of carbonyl (C=O) groups is 1. The first kappa shape index (κ1) is 9.97. The Labute approximate surface area is 79.7 Å². The highest BCUT2D eigenvalue weighted by Gasteiger charge is 2.07. The third kappa shape index (κ3) is 1.98. The minimum absolute atomic E-state index is 0.250. The van der Waals surface area contributed by atoms with Gasteiger partial charge in [-0.1, -0.05) is 5.11 Å². The Bertz CT molecular complexity index is 401. The smallest absolute Gasteiger partial charge is 0.356 e. The molecular weight excluding hydrogens is 186 g/mol. The molecule has 0 spiro atoms. The van der Waals surface area contributed by atoms with Gasteiger partial charge in [-0.3, -0.25) is 0 Å². The van der Waals surface area contributed by atoms with Crippen molar-refractivity contribution in [2.45, 2.75) is 6.92 Å². The molecule has 0 unspecified atom stereocenters. The standard InChI is InChI=1S/C8H9N3O3/c1-4-5(10-11-8(9)14)2-3-6(12)7(4)13/h2-3,12-13H,1H3,(H2,9,14). The van der Waals surface area contributed by atoms with E-state index in [9.17, 15) is 9.90 Å². The molecule has 0 bridgehead atoms. The summed E-state index contributed by atoms with van der Waals surface area (Å²) in [4.78, 5) is 10.3. The maximum atomic E-state index is 10.3. The van der Waals surface area contributed by atoms with E-state index in [-0.39, 0.29) is 17.2 Å². The number of phenols is 2. The van der Waals surface area contributed by atoms with E-state index in [4.69, 9.17) is 10.8 Å². The lowest BCUT2D eigenvalue weighted by atomic mass is 10.2. The summed E-state index contributed by atoms with van der Waals surface area (Å²) in [6.07, 6.45) is 0. The SMILES string of the molecule is Cc1c(N=NC(N)=O)ccc(O)c1O. The number of amides is 2. The number of benzene rings is 1. The van der Waals surface area contributed by atoms with Crippen LogP contribution in [0.2, 0.25) is 0 Å². The summed E-state index contributed by atoms with van der Waals surface area (Å²) in [5.41, 5.74) is 5.35. The minimum atomic E-state index is -0.919. The number of nitrogens with zero attached hydrogens (tertiary/aromatic N) is 2. The molecule has 0 aliphatic heterocycles. The second kappa shape index (κ2) is 3.73. The topological polar surface area (TPSA) is 108 Å². The highest BCUT2D eigenvalue weighted by atomic mass is 16.3. The summed E-state index contributed by atoms with van der Waals surface area (Å²) in [5.74, 6) is -0.536. The zero-order valence-electron chi connectivity index (χ0n) is 7.43. The van der Waals surface area contributed by atoms with Crippen molar-refractivity contribution >= 4 is 11.7 Å². The van der Waals surface area contributed by atoms with Gasteiger partial charge >= 0.3 is 6.03 Å². The lowest BCUT2D eigenvalue weighted by molar-refractivity contribution is 0.255. The van der Waals surface area contributed by atoms with Crippen LogP contribution in [0.3, 0.4) is 0 Å². The monoisotopic (exact) mass is 195 g/mol. The Hall–Kier alpha value is -2.11. The number of aromatic hydroxyl groups is 2. The van der Waals surface area contributed by atoms with Gasteiger partial charge in [-0.15, -0.1) is 5.11 Å². The van der Waals surface area contributed by atoms with Gasteiger partial charge in [-0.2, -0.15) is 0 Å². The van der Waals surface area contributed by atoms with E-state index in [1.165, 1.54) is 19.1 Å². The predicted molar refractivity (Wildman–Crippen MR) is 48.6 cm³/mol. The molecule has 74 valence electrons. The normalized spacial score (nSPS) is 10.6. The predicted octanol–water partition coefficient (Wildman–Crippen LogP) is 1.57. The Morgan fingerprint density at radius 2 is 2.07 bits per heavy atom. The fourth-order valence-corrected chi connectivity index (χ4v) is 0.887. The summed E-state index contributed by atoms with van der Waals surface area (Å²) in [7, 11) is 0. The van der Waals surface area contributed by atoms with Gasteiger partial charge in [0, 0.05) is 5.56 Å². The van der Waals surface area contributed by atoms with Crippen LogP contribution in [-0.2, 0) is 0 Å². The summed E-state index contributed by atoms with van der Waals surface area (Å²) < 4.78 is 0. The molecule has 0 atom stereocenters. The first-order valence-electron chi connectivity index (χ1n) is 3.75. The molecule has 1 rings (SSSR count). The number of hydrogen-bond donors (Lipinski definition) is 3. The maximum Gasteiger partial charge on any atom is 0.356 e.